The molecule has 1 aliphatic heterocycles. The zero-order valence-electron chi connectivity index (χ0n) is 18.8. The minimum atomic E-state index is -4.62. The predicted molar refractivity (Wildman–Crippen MR) is 111 cm³/mol. The summed E-state index contributed by atoms with van der Waals surface area (Å²) in [4.78, 5) is 12.1. The van der Waals surface area contributed by atoms with Gasteiger partial charge in [0, 0.05) is 6.54 Å². The Morgan fingerprint density at radius 1 is 1.13 bits per heavy atom. The van der Waals surface area contributed by atoms with Gasteiger partial charge in [0.05, 0.1) is 16.8 Å². The topological polar surface area (TPSA) is 77.0 Å². The first-order chi connectivity index (χ1) is 13.9. The van der Waals surface area contributed by atoms with E-state index in [9.17, 15) is 23.1 Å². The highest BCUT2D eigenvalue weighted by atomic mass is 19.4. The molecule has 2 N–H and O–H groups in total. The molecule has 0 atom stereocenters. The van der Waals surface area contributed by atoms with Crippen LogP contribution in [0.25, 0.3) is 6.08 Å². The summed E-state index contributed by atoms with van der Waals surface area (Å²) in [5.41, 5.74) is -2.65. The number of hydrogen-bond acceptors (Lipinski definition) is 5. The molecule has 1 aromatic rings. The van der Waals surface area contributed by atoms with Gasteiger partial charge in [0.1, 0.15) is 11.4 Å². The minimum Gasteiger partial charge on any atom is -0.508 e. The number of phenolic OH excluding ortho intramolecular Hbond substituents is 1. The van der Waals surface area contributed by atoms with Gasteiger partial charge in [-0.2, -0.15) is 13.2 Å². The number of nitrogens with one attached hydrogen (secondary N) is 1. The van der Waals surface area contributed by atoms with Crippen LogP contribution in [0, 0.1) is 0 Å². The molecule has 31 heavy (non-hydrogen) atoms. The Hall–Kier alpha value is -2.20. The van der Waals surface area contributed by atoms with E-state index < -0.39 is 47.5 Å². The van der Waals surface area contributed by atoms with Crippen molar-refractivity contribution < 1.29 is 37.1 Å². The molecule has 0 saturated carbocycles. The first-order valence-electron chi connectivity index (χ1n) is 9.84. The molecule has 10 heteroatoms. The van der Waals surface area contributed by atoms with Gasteiger partial charge in [-0.3, -0.25) is 0 Å². The normalized spacial score (nSPS) is 18.8. The largest absolute Gasteiger partial charge is 0.508 e. The van der Waals surface area contributed by atoms with Gasteiger partial charge in [-0.1, -0.05) is 6.08 Å². The number of aromatic hydroxyl groups is 1. The number of alkyl carbamates (subject to hydrolysis) is 1. The standard InChI is InChI=1S/C21H29BF3NO5/c1-18(2,3)29-17(28)26-12-15(22-30-19(4,5)20(6,7)31-22)9-13-8-14(21(23,24)25)11-16(27)10-13/h8-11,27H,12H2,1-7H3,(H,26,28). The number of amides is 1. The number of benzene rings is 1. The number of ether oxygens (including phenoxy) is 1. The Balaban J connectivity index is 2.39. The van der Waals surface area contributed by atoms with E-state index in [2.05, 4.69) is 5.32 Å². The minimum absolute atomic E-state index is 0.0861. The summed E-state index contributed by atoms with van der Waals surface area (Å²) in [5, 5.41) is 12.3. The lowest BCUT2D eigenvalue weighted by Crippen LogP contribution is -2.41. The lowest BCUT2D eigenvalue weighted by molar-refractivity contribution is -0.137. The third-order valence-electron chi connectivity index (χ3n) is 5.01. The molecule has 0 spiro atoms. The Kier molecular flexibility index (Phi) is 6.78. The second kappa shape index (κ2) is 8.39. The first kappa shape index (κ1) is 25.1. The molecule has 172 valence electrons. The van der Waals surface area contributed by atoms with Crippen molar-refractivity contribution in [1.29, 1.82) is 0 Å². The van der Waals surface area contributed by atoms with Crippen LogP contribution in [0.3, 0.4) is 0 Å². The molecule has 2 rings (SSSR count). The number of hydrogen-bond donors (Lipinski definition) is 2. The van der Waals surface area contributed by atoms with Gasteiger partial charge in [0.2, 0.25) is 0 Å². The molecule has 0 bridgehead atoms. The van der Waals surface area contributed by atoms with Gasteiger partial charge in [-0.05, 0) is 77.7 Å². The highest BCUT2D eigenvalue weighted by Gasteiger charge is 2.52. The second-order valence-corrected chi connectivity index (χ2v) is 9.47. The molecule has 1 aromatic carbocycles. The van der Waals surface area contributed by atoms with Gasteiger partial charge in [0.15, 0.2) is 0 Å². The fourth-order valence-corrected chi connectivity index (χ4v) is 2.78. The van der Waals surface area contributed by atoms with E-state index in [1.54, 1.807) is 20.8 Å². The Labute approximate surface area is 180 Å². The van der Waals surface area contributed by atoms with Crippen molar-refractivity contribution in [3.05, 3.63) is 34.8 Å². The maximum atomic E-state index is 13.1. The SMILES string of the molecule is CC(C)(C)OC(=O)NCC(=Cc1cc(O)cc(C(F)(F)F)c1)B1OC(C)(C)C(C)(C)O1. The first-order valence-corrected chi connectivity index (χ1v) is 9.84. The van der Waals surface area contributed by atoms with Crippen molar-refractivity contribution in [3.8, 4) is 5.75 Å². The average Bonchev–Trinajstić information content (AvgIpc) is 2.76. The molecule has 0 aliphatic carbocycles. The molecule has 6 nitrogen and oxygen atoms in total. The molecule has 1 saturated heterocycles. The van der Waals surface area contributed by atoms with Gasteiger partial charge in [0.25, 0.3) is 0 Å². The molecule has 0 unspecified atom stereocenters. The molecule has 1 fully saturated rings. The zero-order chi connectivity index (χ0) is 23.8. The van der Waals surface area contributed by atoms with Crippen molar-refractivity contribution in [3.63, 3.8) is 0 Å². The van der Waals surface area contributed by atoms with Crippen molar-refractivity contribution in [2.24, 2.45) is 0 Å². The fraction of sp³-hybridized carbons (Fsp3) is 0.571. The quantitative estimate of drug-likeness (QED) is 0.644. The van der Waals surface area contributed by atoms with Crippen molar-refractivity contribution in [1.82, 2.24) is 5.32 Å². The van der Waals surface area contributed by atoms with Crippen LogP contribution in [0.5, 0.6) is 5.75 Å². The summed E-state index contributed by atoms with van der Waals surface area (Å²) in [7, 11) is -0.920. The Bertz CT molecular complexity index is 844. The van der Waals surface area contributed by atoms with Crippen LogP contribution in [0.1, 0.15) is 59.6 Å². The predicted octanol–water partition coefficient (Wildman–Crippen LogP) is 4.95. The van der Waals surface area contributed by atoms with E-state index >= 15 is 0 Å². The zero-order valence-corrected chi connectivity index (χ0v) is 18.8. The third-order valence-corrected chi connectivity index (χ3v) is 5.01. The monoisotopic (exact) mass is 443 g/mol. The van der Waals surface area contributed by atoms with Crippen LogP contribution < -0.4 is 5.32 Å². The van der Waals surface area contributed by atoms with Gasteiger partial charge >= 0.3 is 19.4 Å². The highest BCUT2D eigenvalue weighted by Crippen LogP contribution is 2.39. The Morgan fingerprint density at radius 2 is 1.68 bits per heavy atom. The van der Waals surface area contributed by atoms with Crippen LogP contribution in [-0.4, -0.2) is 41.7 Å². The highest BCUT2D eigenvalue weighted by molar-refractivity contribution is 6.56. The number of rotatable bonds is 4. The van der Waals surface area contributed by atoms with Gasteiger partial charge in [-0.25, -0.2) is 4.79 Å². The molecule has 0 radical (unpaired) electrons. The number of halogens is 3. The van der Waals surface area contributed by atoms with Gasteiger partial charge < -0.3 is 24.5 Å². The van der Waals surface area contributed by atoms with Crippen molar-refractivity contribution in [2.45, 2.75) is 71.4 Å². The molecule has 1 aliphatic rings. The summed E-state index contributed by atoms with van der Waals surface area (Å²) in [6, 6.07) is 2.73. The van der Waals surface area contributed by atoms with Crippen molar-refractivity contribution >= 4 is 19.3 Å². The summed E-state index contributed by atoms with van der Waals surface area (Å²) in [5.74, 6) is -0.533. The molecular formula is C21H29BF3NO5. The fourth-order valence-electron chi connectivity index (χ4n) is 2.78. The smallest absolute Gasteiger partial charge is 0.492 e. The van der Waals surface area contributed by atoms with Crippen LogP contribution in [0.4, 0.5) is 18.0 Å². The van der Waals surface area contributed by atoms with E-state index in [-0.39, 0.29) is 12.1 Å². The molecule has 1 amide bonds. The lowest BCUT2D eigenvalue weighted by Gasteiger charge is -2.32. The van der Waals surface area contributed by atoms with Crippen LogP contribution in [-0.2, 0) is 20.2 Å². The molecule has 1 heterocycles. The van der Waals surface area contributed by atoms with Crippen LogP contribution in [0.2, 0.25) is 0 Å². The number of carbonyl (C=O) groups excluding carboxylic acids is 1. The second-order valence-electron chi connectivity index (χ2n) is 9.47. The van der Waals surface area contributed by atoms with E-state index in [1.165, 1.54) is 12.1 Å². The Morgan fingerprint density at radius 3 is 2.16 bits per heavy atom. The van der Waals surface area contributed by atoms with E-state index in [1.807, 2.05) is 27.7 Å². The van der Waals surface area contributed by atoms with E-state index in [0.29, 0.717) is 11.5 Å². The molecule has 0 aromatic heterocycles. The number of alkyl halides is 3. The summed E-state index contributed by atoms with van der Waals surface area (Å²) < 4.78 is 56.6. The maximum absolute atomic E-state index is 13.1. The molecular weight excluding hydrogens is 414 g/mol. The summed E-state index contributed by atoms with van der Waals surface area (Å²) in [6.07, 6.45) is -3.92. The summed E-state index contributed by atoms with van der Waals surface area (Å²) in [6.45, 7) is 12.4. The van der Waals surface area contributed by atoms with Crippen LogP contribution >= 0.6 is 0 Å². The van der Waals surface area contributed by atoms with Gasteiger partial charge in [-0.15, -0.1) is 0 Å². The van der Waals surface area contributed by atoms with E-state index in [4.69, 9.17) is 14.0 Å². The maximum Gasteiger partial charge on any atom is 0.492 e. The number of carbonyl (C=O) groups is 1. The number of phenols is 1. The van der Waals surface area contributed by atoms with Crippen molar-refractivity contribution in [2.75, 3.05) is 6.54 Å². The third kappa shape index (κ3) is 6.64. The average molecular weight is 443 g/mol. The summed E-state index contributed by atoms with van der Waals surface area (Å²) >= 11 is 0. The lowest BCUT2D eigenvalue weighted by atomic mass is 9.77. The van der Waals surface area contributed by atoms with E-state index in [0.717, 1.165) is 6.07 Å². The van der Waals surface area contributed by atoms with Crippen LogP contribution in [0.15, 0.2) is 23.7 Å².